The molecule has 0 aromatic carbocycles. The predicted octanol–water partition coefficient (Wildman–Crippen LogP) is 4.10. The molecule has 0 atom stereocenters. The Kier molecular flexibility index (Phi) is 7.16. The standard InChI is InChI=1S/C21H29N3O2/c1-6-15-13-18(22-11-12-25)20(14(4)5)24-21(15)16-9-10-19(26-8-3)23-17(16)7-2/h9-10,13,22,25H,4,6-8,11-12H2,1-3,5H3. The van der Waals surface area contributed by atoms with Gasteiger partial charge >= 0.3 is 0 Å². The van der Waals surface area contributed by atoms with Crippen LogP contribution >= 0.6 is 0 Å². The van der Waals surface area contributed by atoms with Crippen molar-refractivity contribution in [1.82, 2.24) is 9.97 Å². The Morgan fingerprint density at radius 1 is 1.19 bits per heavy atom. The minimum absolute atomic E-state index is 0.0711. The van der Waals surface area contributed by atoms with Crippen LogP contribution in [-0.4, -0.2) is 34.8 Å². The number of hydrogen-bond donors (Lipinski definition) is 2. The number of aliphatic hydroxyl groups is 1. The molecule has 0 amide bonds. The van der Waals surface area contributed by atoms with E-state index in [1.165, 1.54) is 0 Å². The first-order valence-corrected chi connectivity index (χ1v) is 9.23. The van der Waals surface area contributed by atoms with Crippen molar-refractivity contribution in [3.63, 3.8) is 0 Å². The minimum Gasteiger partial charge on any atom is -0.478 e. The van der Waals surface area contributed by atoms with Crippen molar-refractivity contribution in [3.8, 4) is 17.1 Å². The third kappa shape index (κ3) is 4.41. The molecule has 5 nitrogen and oxygen atoms in total. The molecule has 0 unspecified atom stereocenters. The van der Waals surface area contributed by atoms with Gasteiger partial charge in [0.2, 0.25) is 5.88 Å². The van der Waals surface area contributed by atoms with E-state index >= 15 is 0 Å². The molecular weight excluding hydrogens is 326 g/mol. The molecule has 0 bridgehead atoms. The smallest absolute Gasteiger partial charge is 0.213 e. The fourth-order valence-corrected chi connectivity index (χ4v) is 2.90. The number of nitrogens with one attached hydrogen (secondary N) is 1. The third-order valence-electron chi connectivity index (χ3n) is 4.14. The molecule has 140 valence electrons. The lowest BCUT2D eigenvalue weighted by Crippen LogP contribution is -2.10. The van der Waals surface area contributed by atoms with Crippen LogP contribution in [0.4, 0.5) is 5.69 Å². The average Bonchev–Trinajstić information content (AvgIpc) is 2.65. The highest BCUT2D eigenvalue weighted by atomic mass is 16.5. The van der Waals surface area contributed by atoms with Crippen molar-refractivity contribution in [3.05, 3.63) is 41.7 Å². The topological polar surface area (TPSA) is 67.3 Å². The van der Waals surface area contributed by atoms with Gasteiger partial charge in [0.15, 0.2) is 0 Å². The third-order valence-corrected chi connectivity index (χ3v) is 4.14. The summed E-state index contributed by atoms with van der Waals surface area (Å²) in [4.78, 5) is 9.57. The number of nitrogens with zero attached hydrogens (tertiary/aromatic N) is 2. The van der Waals surface area contributed by atoms with Crippen molar-refractivity contribution in [2.45, 2.75) is 40.5 Å². The van der Waals surface area contributed by atoms with E-state index in [2.05, 4.69) is 36.8 Å². The Balaban J connectivity index is 2.61. The van der Waals surface area contributed by atoms with Gasteiger partial charge in [-0.05, 0) is 50.0 Å². The first kappa shape index (κ1) is 19.9. The molecule has 0 saturated carbocycles. The van der Waals surface area contributed by atoms with Crippen LogP contribution < -0.4 is 10.1 Å². The van der Waals surface area contributed by atoms with Crippen molar-refractivity contribution in [2.24, 2.45) is 0 Å². The molecule has 0 fully saturated rings. The number of aromatic nitrogens is 2. The number of ether oxygens (including phenoxy) is 1. The van der Waals surface area contributed by atoms with E-state index in [1.807, 2.05) is 26.0 Å². The van der Waals surface area contributed by atoms with E-state index in [4.69, 9.17) is 14.8 Å². The minimum atomic E-state index is 0.0711. The predicted molar refractivity (Wildman–Crippen MR) is 108 cm³/mol. The van der Waals surface area contributed by atoms with Crippen LogP contribution in [0, 0.1) is 0 Å². The number of allylic oxidation sites excluding steroid dienone is 1. The lowest BCUT2D eigenvalue weighted by Gasteiger charge is -2.18. The second-order valence-electron chi connectivity index (χ2n) is 6.11. The number of hydrogen-bond acceptors (Lipinski definition) is 5. The molecule has 0 spiro atoms. The molecule has 0 aliphatic carbocycles. The summed E-state index contributed by atoms with van der Waals surface area (Å²) >= 11 is 0. The molecular formula is C21H29N3O2. The van der Waals surface area contributed by atoms with Crippen molar-refractivity contribution < 1.29 is 9.84 Å². The van der Waals surface area contributed by atoms with Gasteiger partial charge in [0.1, 0.15) is 0 Å². The van der Waals surface area contributed by atoms with Gasteiger partial charge in [0, 0.05) is 18.2 Å². The number of pyridine rings is 2. The molecule has 0 saturated heterocycles. The normalized spacial score (nSPS) is 10.7. The van der Waals surface area contributed by atoms with Crippen LogP contribution in [0.15, 0.2) is 24.8 Å². The van der Waals surface area contributed by atoms with Crippen LogP contribution in [0.3, 0.4) is 0 Å². The van der Waals surface area contributed by atoms with E-state index in [-0.39, 0.29) is 6.61 Å². The van der Waals surface area contributed by atoms with E-state index in [0.717, 1.165) is 52.3 Å². The first-order chi connectivity index (χ1) is 12.5. The highest BCUT2D eigenvalue weighted by Crippen LogP contribution is 2.32. The van der Waals surface area contributed by atoms with Crippen LogP contribution in [0.2, 0.25) is 0 Å². The van der Waals surface area contributed by atoms with E-state index in [1.54, 1.807) is 0 Å². The Morgan fingerprint density at radius 2 is 1.96 bits per heavy atom. The Hall–Kier alpha value is -2.40. The van der Waals surface area contributed by atoms with E-state index < -0.39 is 0 Å². The molecule has 2 rings (SSSR count). The zero-order valence-electron chi connectivity index (χ0n) is 16.2. The largest absolute Gasteiger partial charge is 0.478 e. The van der Waals surface area contributed by atoms with Gasteiger partial charge in [-0.15, -0.1) is 0 Å². The summed E-state index contributed by atoms with van der Waals surface area (Å²) in [5.74, 6) is 0.646. The van der Waals surface area contributed by atoms with Gasteiger partial charge in [0.05, 0.1) is 36.0 Å². The maximum Gasteiger partial charge on any atom is 0.213 e. The SMILES string of the molecule is C=C(C)c1nc(-c2ccc(OCC)nc2CC)c(CC)cc1NCCO. The summed E-state index contributed by atoms with van der Waals surface area (Å²) in [5, 5.41) is 12.4. The highest BCUT2D eigenvalue weighted by Gasteiger charge is 2.16. The zero-order chi connectivity index (χ0) is 19.1. The summed E-state index contributed by atoms with van der Waals surface area (Å²) < 4.78 is 5.54. The van der Waals surface area contributed by atoms with Gasteiger partial charge < -0.3 is 15.2 Å². The second-order valence-corrected chi connectivity index (χ2v) is 6.11. The maximum atomic E-state index is 9.13. The number of aryl methyl sites for hydroxylation is 2. The highest BCUT2D eigenvalue weighted by molar-refractivity contribution is 5.77. The van der Waals surface area contributed by atoms with Crippen LogP contribution in [0.5, 0.6) is 5.88 Å². The number of aliphatic hydroxyl groups excluding tert-OH is 1. The molecule has 2 N–H and O–H groups in total. The van der Waals surface area contributed by atoms with Crippen LogP contribution in [0.25, 0.3) is 16.8 Å². The van der Waals surface area contributed by atoms with Crippen molar-refractivity contribution in [1.29, 1.82) is 0 Å². The van der Waals surface area contributed by atoms with E-state index in [9.17, 15) is 0 Å². The molecule has 2 aromatic rings. The summed E-state index contributed by atoms with van der Waals surface area (Å²) in [6.45, 7) is 13.3. The molecule has 0 aliphatic heterocycles. The van der Waals surface area contributed by atoms with Crippen LogP contribution in [-0.2, 0) is 12.8 Å². The van der Waals surface area contributed by atoms with Gasteiger partial charge in [-0.25, -0.2) is 9.97 Å². The molecule has 0 radical (unpaired) electrons. The van der Waals surface area contributed by atoms with E-state index in [0.29, 0.717) is 19.0 Å². The van der Waals surface area contributed by atoms with Gasteiger partial charge in [0.25, 0.3) is 0 Å². The summed E-state index contributed by atoms with van der Waals surface area (Å²) in [7, 11) is 0. The molecule has 0 aliphatic rings. The first-order valence-electron chi connectivity index (χ1n) is 9.23. The average molecular weight is 355 g/mol. The van der Waals surface area contributed by atoms with Crippen molar-refractivity contribution >= 4 is 11.3 Å². The maximum absolute atomic E-state index is 9.13. The monoisotopic (exact) mass is 355 g/mol. The lowest BCUT2D eigenvalue weighted by atomic mass is 9.99. The number of rotatable bonds is 9. The summed E-state index contributed by atoms with van der Waals surface area (Å²) in [5.41, 5.74) is 6.69. The fourth-order valence-electron chi connectivity index (χ4n) is 2.90. The van der Waals surface area contributed by atoms with Gasteiger partial charge in [-0.3, -0.25) is 0 Å². The Labute approximate surface area is 156 Å². The quantitative estimate of drug-likeness (QED) is 0.709. The molecule has 5 heteroatoms. The lowest BCUT2D eigenvalue weighted by molar-refractivity contribution is 0.311. The fraction of sp³-hybridized carbons (Fsp3) is 0.429. The van der Waals surface area contributed by atoms with Crippen LogP contribution in [0.1, 0.15) is 44.6 Å². The zero-order valence-corrected chi connectivity index (χ0v) is 16.2. The number of anilines is 1. The van der Waals surface area contributed by atoms with Crippen molar-refractivity contribution in [2.75, 3.05) is 25.1 Å². The van der Waals surface area contributed by atoms with Gasteiger partial charge in [-0.2, -0.15) is 0 Å². The Morgan fingerprint density at radius 3 is 2.54 bits per heavy atom. The summed E-state index contributed by atoms with van der Waals surface area (Å²) in [6, 6.07) is 6.05. The van der Waals surface area contributed by atoms with Gasteiger partial charge in [-0.1, -0.05) is 20.4 Å². The molecule has 26 heavy (non-hydrogen) atoms. The molecule has 2 aromatic heterocycles. The summed E-state index contributed by atoms with van der Waals surface area (Å²) in [6.07, 6.45) is 1.65. The Bertz CT molecular complexity index is 772. The second kappa shape index (κ2) is 9.34. The molecule has 2 heterocycles.